The molecule has 0 N–H and O–H groups in total. The summed E-state index contributed by atoms with van der Waals surface area (Å²) in [5, 5.41) is 2.47. The van der Waals surface area contributed by atoms with Crippen LogP contribution in [0.2, 0.25) is 0 Å². The number of rotatable bonds is 2. The maximum atomic E-state index is 9.87. The number of nitrogens with zero attached hydrogens (tertiary/aromatic N) is 6. The van der Waals surface area contributed by atoms with E-state index in [0.29, 0.717) is 0 Å². The average Bonchev–Trinajstić information content (AvgIpc) is 3.42. The summed E-state index contributed by atoms with van der Waals surface area (Å²) in [6.45, 7) is 0. The van der Waals surface area contributed by atoms with Gasteiger partial charge in [0.2, 0.25) is 0 Å². The van der Waals surface area contributed by atoms with Gasteiger partial charge in [-0.1, -0.05) is 36.4 Å². The van der Waals surface area contributed by atoms with Crippen molar-refractivity contribution in [1.82, 2.24) is 8.80 Å². The van der Waals surface area contributed by atoms with E-state index in [9.17, 15) is 50.4 Å². The van der Waals surface area contributed by atoms with Crippen molar-refractivity contribution in [2.75, 3.05) is 38.0 Å². The minimum atomic E-state index is -10.7. The molecular weight excluding hydrogens is 710 g/mol. The van der Waals surface area contributed by atoms with Crippen LogP contribution >= 0.6 is 15.6 Å². The molecule has 2 aromatic carbocycles. The third-order valence-corrected chi connectivity index (χ3v) is 6.83. The van der Waals surface area contributed by atoms with Crippen LogP contribution in [0.25, 0.3) is 43.9 Å². The minimum absolute atomic E-state index is 1.12. The van der Waals surface area contributed by atoms with Crippen molar-refractivity contribution in [1.29, 1.82) is 0 Å². The molecule has 0 saturated heterocycles. The number of benzene rings is 2. The van der Waals surface area contributed by atoms with E-state index in [1.807, 2.05) is 0 Å². The summed E-state index contributed by atoms with van der Waals surface area (Å²) < 4.78 is 128. The average molecular weight is 736 g/mol. The predicted octanol–water partition coefficient (Wildman–Crippen LogP) is 10.9. The Morgan fingerprint density at radius 3 is 1.06 bits per heavy atom. The fourth-order valence-electron chi connectivity index (χ4n) is 5.58. The summed E-state index contributed by atoms with van der Waals surface area (Å²) in [5.74, 6) is 2.24. The van der Waals surface area contributed by atoms with E-state index in [2.05, 4.69) is 141 Å². The molecule has 0 amide bonds. The quantitative estimate of drug-likeness (QED) is 0.0764. The van der Waals surface area contributed by atoms with Crippen molar-refractivity contribution in [3.8, 4) is 0 Å². The molecule has 0 aliphatic carbocycles. The summed E-state index contributed by atoms with van der Waals surface area (Å²) in [6.07, 6.45) is 4.32. The summed E-state index contributed by atoms with van der Waals surface area (Å²) in [7, 11) is -12.8. The van der Waals surface area contributed by atoms with Gasteiger partial charge in [0.1, 0.15) is 11.0 Å². The molecule has 20 heteroatoms. The van der Waals surface area contributed by atoms with E-state index >= 15 is 0 Å². The van der Waals surface area contributed by atoms with Crippen LogP contribution in [0.5, 0.6) is 0 Å². The van der Waals surface area contributed by atoms with Crippen LogP contribution in [-0.2, 0) is 0 Å². The molecule has 0 radical (unpaired) electrons. The van der Waals surface area contributed by atoms with Crippen molar-refractivity contribution >= 4 is 71.4 Å². The zero-order chi connectivity index (χ0) is 36.0. The van der Waals surface area contributed by atoms with Gasteiger partial charge in [0, 0.05) is 0 Å². The SMILES string of the molecule is CN(C)c1n2c3cc4ccccc4cc3n3c(N(C)C)[n+]4ccccc4c3c2c2cccc[n+]12.F[P-](F)(F)(F)(F)F.F[P-](F)(F)(F)(F)F. The molecule has 0 fully saturated rings. The Hall–Kier alpha value is -4.30. The normalized spacial score (nSPS) is 15.3. The van der Waals surface area contributed by atoms with Gasteiger partial charge in [-0.15, -0.1) is 0 Å². The molecular formula is C28H26F12N6P2. The second kappa shape index (κ2) is 9.65. The monoisotopic (exact) mass is 736 g/mol. The van der Waals surface area contributed by atoms with Gasteiger partial charge in [0.15, 0.2) is 22.1 Å². The molecule has 0 saturated carbocycles. The van der Waals surface area contributed by atoms with Crippen LogP contribution in [0.15, 0.2) is 85.2 Å². The predicted molar refractivity (Wildman–Crippen MR) is 165 cm³/mol. The van der Waals surface area contributed by atoms with E-state index < -0.39 is 15.6 Å². The second-order valence-corrected chi connectivity index (χ2v) is 15.1. The van der Waals surface area contributed by atoms with E-state index in [4.69, 9.17) is 0 Å². The van der Waals surface area contributed by atoms with E-state index in [-0.39, 0.29) is 0 Å². The second-order valence-electron chi connectivity index (χ2n) is 11.3. The Labute approximate surface area is 262 Å². The van der Waals surface area contributed by atoms with Crippen LogP contribution in [0, 0.1) is 0 Å². The fraction of sp³-hybridized carbons (Fsp3) is 0.143. The number of hydrogen-bond donors (Lipinski definition) is 0. The number of imidazole rings is 2. The fourth-order valence-corrected chi connectivity index (χ4v) is 5.58. The van der Waals surface area contributed by atoms with E-state index in [1.54, 1.807) is 0 Å². The molecule has 48 heavy (non-hydrogen) atoms. The summed E-state index contributed by atoms with van der Waals surface area (Å²) in [5.41, 5.74) is 7.11. The molecule has 5 aromatic heterocycles. The van der Waals surface area contributed by atoms with Crippen molar-refractivity contribution in [3.63, 3.8) is 0 Å². The first kappa shape index (κ1) is 35.0. The first-order valence-corrected chi connectivity index (χ1v) is 17.6. The zero-order valence-corrected chi connectivity index (χ0v) is 27.0. The van der Waals surface area contributed by atoms with Gasteiger partial charge in [-0.2, -0.15) is 8.80 Å². The molecule has 6 nitrogen and oxygen atoms in total. The molecule has 0 aliphatic rings. The van der Waals surface area contributed by atoms with Gasteiger partial charge in [-0.05, 0) is 47.2 Å². The zero-order valence-electron chi connectivity index (χ0n) is 25.2. The number of aromatic nitrogens is 4. The van der Waals surface area contributed by atoms with Gasteiger partial charge in [-0.25, -0.2) is 8.80 Å². The molecule has 5 heterocycles. The van der Waals surface area contributed by atoms with Gasteiger partial charge in [-0.3, -0.25) is 9.80 Å². The van der Waals surface area contributed by atoms with Crippen molar-refractivity contribution < 1.29 is 59.2 Å². The Morgan fingerprint density at radius 1 is 0.479 bits per heavy atom. The van der Waals surface area contributed by atoms with Gasteiger partial charge in [0.25, 0.3) is 0 Å². The Kier molecular flexibility index (Phi) is 7.04. The van der Waals surface area contributed by atoms with Crippen molar-refractivity contribution in [2.45, 2.75) is 0 Å². The molecule has 0 unspecified atom stereocenters. The number of fused-ring (bicyclic) bond motifs is 11. The van der Waals surface area contributed by atoms with Crippen LogP contribution in [0.1, 0.15) is 0 Å². The number of pyridine rings is 2. The third kappa shape index (κ3) is 8.04. The van der Waals surface area contributed by atoms with E-state index in [1.165, 1.54) is 43.9 Å². The van der Waals surface area contributed by atoms with Crippen LogP contribution in [-0.4, -0.2) is 37.0 Å². The number of hydrogen-bond acceptors (Lipinski definition) is 2. The number of anilines is 2. The first-order chi connectivity index (χ1) is 21.5. The maximum absolute atomic E-state index is 10.7. The van der Waals surface area contributed by atoms with Gasteiger partial charge >= 0.3 is 77.9 Å². The molecule has 0 atom stereocenters. The molecule has 7 rings (SSSR count). The van der Waals surface area contributed by atoms with Crippen molar-refractivity contribution in [3.05, 3.63) is 85.2 Å². The van der Waals surface area contributed by atoms with Crippen LogP contribution < -0.4 is 18.6 Å². The Morgan fingerprint density at radius 2 is 0.771 bits per heavy atom. The van der Waals surface area contributed by atoms with Crippen molar-refractivity contribution in [2.24, 2.45) is 0 Å². The number of halogens is 12. The standard InChI is InChI=1S/C28H26N6.2F6P/c1-29(2)27-31-15-9-7-13-21(31)25-26-22-14-8-10-16-32(22)28(30(3)4)34(26)24-18-20-12-6-5-11-19(20)17-23(24)33(25)27;2*1-7(2,3,4,5)6/h5-18H,1-4H3;;/q+2;2*-1. The van der Waals surface area contributed by atoms with Gasteiger partial charge in [0.05, 0.1) is 40.6 Å². The van der Waals surface area contributed by atoms with Gasteiger partial charge < -0.3 is 0 Å². The van der Waals surface area contributed by atoms with Crippen LogP contribution in [0.3, 0.4) is 0 Å². The third-order valence-electron chi connectivity index (χ3n) is 6.83. The topological polar surface area (TPSA) is 23.5 Å². The Balaban J connectivity index is 0.000000273. The molecule has 7 aromatic rings. The summed E-state index contributed by atoms with van der Waals surface area (Å²) >= 11 is 0. The first-order valence-electron chi connectivity index (χ1n) is 13.6. The molecule has 0 aliphatic heterocycles. The molecule has 0 spiro atoms. The van der Waals surface area contributed by atoms with E-state index in [0.717, 1.165) is 11.9 Å². The molecule has 0 bridgehead atoms. The summed E-state index contributed by atoms with van der Waals surface area (Å²) in [6, 6.07) is 26.2. The Bertz CT molecular complexity index is 2210. The molecule has 262 valence electrons. The summed E-state index contributed by atoms with van der Waals surface area (Å²) in [4.78, 5) is 4.41. The van der Waals surface area contributed by atoms with Crippen LogP contribution in [0.4, 0.5) is 62.3 Å².